The molecule has 1 aliphatic rings. The van der Waals surface area contributed by atoms with Crippen molar-refractivity contribution in [3.63, 3.8) is 0 Å². The van der Waals surface area contributed by atoms with Crippen LogP contribution in [-0.4, -0.2) is 22.3 Å². The number of halogens is 4. The average molecular weight is 350 g/mol. The van der Waals surface area contributed by atoms with Crippen molar-refractivity contribution >= 4 is 22.6 Å². The molecule has 1 atom stereocenters. The Morgan fingerprint density at radius 3 is 2.06 bits per heavy atom. The molecule has 1 aliphatic carbocycles. The van der Waals surface area contributed by atoms with E-state index in [2.05, 4.69) is 22.6 Å². The van der Waals surface area contributed by atoms with Crippen LogP contribution in [0.5, 0.6) is 0 Å². The lowest BCUT2D eigenvalue weighted by Gasteiger charge is -2.34. The maximum absolute atomic E-state index is 12.5. The summed E-state index contributed by atoms with van der Waals surface area (Å²) >= 11 is 2.15. The third-order valence-electron chi connectivity index (χ3n) is 3.15. The van der Waals surface area contributed by atoms with Gasteiger partial charge in [-0.25, -0.2) is 0 Å². The predicted molar refractivity (Wildman–Crippen MR) is 65.9 cm³/mol. The van der Waals surface area contributed by atoms with Gasteiger partial charge in [0, 0.05) is 4.43 Å². The zero-order chi connectivity index (χ0) is 12.2. The van der Waals surface area contributed by atoms with E-state index in [1.165, 1.54) is 0 Å². The lowest BCUT2D eigenvalue weighted by molar-refractivity contribution is -0.245. The van der Waals surface area contributed by atoms with E-state index in [0.717, 1.165) is 45.4 Å². The van der Waals surface area contributed by atoms with E-state index in [-0.39, 0.29) is 0 Å². The fourth-order valence-corrected chi connectivity index (χ4v) is 3.04. The van der Waals surface area contributed by atoms with Crippen LogP contribution >= 0.6 is 22.6 Å². The summed E-state index contributed by atoms with van der Waals surface area (Å²) in [7, 11) is 0. The van der Waals surface area contributed by atoms with Crippen molar-refractivity contribution < 1.29 is 17.9 Å². The van der Waals surface area contributed by atoms with Gasteiger partial charge in [0.1, 0.15) is 0 Å². The largest absolute Gasteiger partial charge is 0.414 e. The molecule has 0 spiro atoms. The molecule has 0 bridgehead atoms. The summed E-state index contributed by atoms with van der Waals surface area (Å²) in [6.07, 6.45) is -0.191. The van der Waals surface area contributed by atoms with E-state index >= 15 is 0 Å². The zero-order valence-electron chi connectivity index (χ0n) is 9.45. The quantitative estimate of drug-likeness (QED) is 0.414. The van der Waals surface area contributed by atoms with Crippen molar-refractivity contribution in [3.8, 4) is 0 Å². The summed E-state index contributed by atoms with van der Waals surface area (Å²) in [5.74, 6) is 0. The molecule has 96 valence electrons. The Morgan fingerprint density at radius 1 is 1.19 bits per heavy atom. The summed E-state index contributed by atoms with van der Waals surface area (Å²) in [5, 5.41) is 0. The van der Waals surface area contributed by atoms with Crippen molar-refractivity contribution in [2.75, 3.05) is 4.43 Å². The molecule has 1 unspecified atom stereocenters. The Morgan fingerprint density at radius 2 is 1.69 bits per heavy atom. The van der Waals surface area contributed by atoms with Crippen LogP contribution < -0.4 is 0 Å². The second-order valence-corrected chi connectivity index (χ2v) is 5.30. The summed E-state index contributed by atoms with van der Waals surface area (Å²) < 4.78 is 43.4. The van der Waals surface area contributed by atoms with Crippen LogP contribution in [0.25, 0.3) is 0 Å². The molecule has 5 heteroatoms. The number of hydrogen-bond acceptors (Lipinski definition) is 1. The van der Waals surface area contributed by atoms with Crippen molar-refractivity contribution in [1.82, 2.24) is 0 Å². The Kier molecular flexibility index (Phi) is 5.35. The lowest BCUT2D eigenvalue weighted by atomic mass is 9.96. The first kappa shape index (κ1) is 14.5. The molecule has 0 aromatic heterocycles. The van der Waals surface area contributed by atoms with E-state index in [9.17, 15) is 13.2 Å². The molecule has 0 radical (unpaired) electrons. The van der Waals surface area contributed by atoms with Crippen LogP contribution in [0.15, 0.2) is 0 Å². The van der Waals surface area contributed by atoms with Crippen LogP contribution in [-0.2, 0) is 4.74 Å². The molecule has 1 fully saturated rings. The fourth-order valence-electron chi connectivity index (χ4n) is 2.10. The van der Waals surface area contributed by atoms with Crippen LogP contribution in [0.4, 0.5) is 13.2 Å². The van der Waals surface area contributed by atoms with Crippen LogP contribution in [0.2, 0.25) is 0 Å². The minimum absolute atomic E-state index is 0.550. The molecule has 1 rings (SSSR count). The number of hydrogen-bond donors (Lipinski definition) is 0. The highest BCUT2D eigenvalue weighted by Gasteiger charge is 2.43. The standard InChI is InChI=1S/C11H18F3IO/c1-9(11(12,13)14)16-10(8-15)6-4-2-3-5-7-10/h9H,2-8H2,1H3. The van der Waals surface area contributed by atoms with Gasteiger partial charge in [-0.15, -0.1) is 0 Å². The van der Waals surface area contributed by atoms with Crippen LogP contribution in [0.1, 0.15) is 45.4 Å². The molecule has 1 saturated carbocycles. The topological polar surface area (TPSA) is 9.23 Å². The highest BCUT2D eigenvalue weighted by molar-refractivity contribution is 14.1. The highest BCUT2D eigenvalue weighted by atomic mass is 127. The second-order valence-electron chi connectivity index (χ2n) is 4.53. The Bertz CT molecular complexity index is 210. The zero-order valence-corrected chi connectivity index (χ0v) is 11.6. The number of alkyl halides is 4. The summed E-state index contributed by atoms with van der Waals surface area (Å²) in [5.41, 5.74) is -0.550. The van der Waals surface area contributed by atoms with Gasteiger partial charge in [0.15, 0.2) is 6.10 Å². The average Bonchev–Trinajstić information content (AvgIpc) is 2.43. The molecule has 0 aliphatic heterocycles. The van der Waals surface area contributed by atoms with Gasteiger partial charge < -0.3 is 4.74 Å². The minimum atomic E-state index is -4.24. The van der Waals surface area contributed by atoms with E-state index in [0.29, 0.717) is 4.43 Å². The molecule has 0 saturated heterocycles. The summed E-state index contributed by atoms with van der Waals surface area (Å²) in [6.45, 7) is 1.11. The Hall–Kier alpha value is 0.480. The molecular weight excluding hydrogens is 332 g/mol. The van der Waals surface area contributed by atoms with Crippen molar-refractivity contribution in [2.24, 2.45) is 0 Å². The predicted octanol–water partition coefficient (Wildman–Crippen LogP) is 4.48. The van der Waals surface area contributed by atoms with Crippen molar-refractivity contribution in [2.45, 2.75) is 63.3 Å². The van der Waals surface area contributed by atoms with Gasteiger partial charge in [-0.05, 0) is 19.8 Å². The van der Waals surface area contributed by atoms with Crippen LogP contribution in [0.3, 0.4) is 0 Å². The maximum atomic E-state index is 12.5. The number of rotatable bonds is 3. The van der Waals surface area contributed by atoms with E-state index in [1.54, 1.807) is 0 Å². The highest BCUT2D eigenvalue weighted by Crippen LogP contribution is 2.36. The fraction of sp³-hybridized carbons (Fsp3) is 1.00. The molecule has 1 nitrogen and oxygen atoms in total. The molecule has 0 N–H and O–H groups in total. The second kappa shape index (κ2) is 5.89. The SMILES string of the molecule is CC(OC1(CI)CCCCCC1)C(F)(F)F. The van der Waals surface area contributed by atoms with Gasteiger partial charge >= 0.3 is 6.18 Å². The summed E-state index contributed by atoms with van der Waals surface area (Å²) in [6, 6.07) is 0. The molecule has 0 aromatic carbocycles. The molecule has 0 aromatic rings. The van der Waals surface area contributed by atoms with Gasteiger partial charge in [-0.1, -0.05) is 48.3 Å². The first-order chi connectivity index (χ1) is 7.40. The third-order valence-corrected chi connectivity index (χ3v) is 4.54. The lowest BCUT2D eigenvalue weighted by Crippen LogP contribution is -2.42. The summed E-state index contributed by atoms with van der Waals surface area (Å²) in [4.78, 5) is 0. The Labute approximate surface area is 108 Å². The van der Waals surface area contributed by atoms with Gasteiger partial charge in [-0.3, -0.25) is 0 Å². The van der Waals surface area contributed by atoms with Gasteiger partial charge in [0.2, 0.25) is 0 Å². The van der Waals surface area contributed by atoms with E-state index < -0.39 is 17.9 Å². The normalized spacial score (nSPS) is 23.8. The smallest absolute Gasteiger partial charge is 0.362 e. The van der Waals surface area contributed by atoms with Crippen molar-refractivity contribution in [1.29, 1.82) is 0 Å². The van der Waals surface area contributed by atoms with E-state index in [1.807, 2.05) is 0 Å². The van der Waals surface area contributed by atoms with E-state index in [4.69, 9.17) is 4.74 Å². The van der Waals surface area contributed by atoms with Gasteiger partial charge in [-0.2, -0.15) is 13.2 Å². The molecule has 0 amide bonds. The molecule has 16 heavy (non-hydrogen) atoms. The molecule has 0 heterocycles. The van der Waals surface area contributed by atoms with Crippen LogP contribution in [0, 0.1) is 0 Å². The van der Waals surface area contributed by atoms with Crippen molar-refractivity contribution in [3.05, 3.63) is 0 Å². The minimum Gasteiger partial charge on any atom is -0.362 e. The maximum Gasteiger partial charge on any atom is 0.414 e. The Balaban J connectivity index is 2.64. The molecular formula is C11H18F3IO. The van der Waals surface area contributed by atoms with Gasteiger partial charge in [0.05, 0.1) is 5.60 Å². The first-order valence-corrected chi connectivity index (χ1v) is 7.23. The first-order valence-electron chi connectivity index (χ1n) is 5.70. The number of ether oxygens (including phenoxy) is 1. The monoisotopic (exact) mass is 350 g/mol. The van der Waals surface area contributed by atoms with Gasteiger partial charge in [0.25, 0.3) is 0 Å². The third kappa shape index (κ3) is 4.05.